The smallest absolute Gasteiger partial charge is 0.313 e. The third-order valence-corrected chi connectivity index (χ3v) is 3.72. The van der Waals surface area contributed by atoms with Gasteiger partial charge in [0.25, 0.3) is 0 Å². The molecule has 0 bridgehead atoms. The minimum atomic E-state index is -0.791. The average molecular weight is 347 g/mol. The van der Waals surface area contributed by atoms with Crippen molar-refractivity contribution in [2.75, 3.05) is 18.5 Å². The van der Waals surface area contributed by atoms with Gasteiger partial charge in [-0.2, -0.15) is 0 Å². The van der Waals surface area contributed by atoms with Crippen LogP contribution in [0.15, 0.2) is 48.5 Å². The van der Waals surface area contributed by atoms with Crippen molar-refractivity contribution in [2.45, 2.75) is 6.10 Å². The first-order valence-corrected chi connectivity index (χ1v) is 7.73. The molecule has 0 radical (unpaired) electrons. The van der Waals surface area contributed by atoms with Crippen molar-refractivity contribution < 1.29 is 19.1 Å². The molecule has 0 saturated heterocycles. The SMILES string of the molecule is O=C(NCC1COc2ccccc2O1)C(=O)Nc1ccccc1Cl. The average Bonchev–Trinajstić information content (AvgIpc) is 2.61. The van der Waals surface area contributed by atoms with Crippen molar-refractivity contribution >= 4 is 29.1 Å². The lowest BCUT2D eigenvalue weighted by atomic mass is 10.2. The molecule has 7 heteroatoms. The van der Waals surface area contributed by atoms with Gasteiger partial charge in [0.05, 0.1) is 17.3 Å². The number of benzene rings is 2. The maximum Gasteiger partial charge on any atom is 0.313 e. The van der Waals surface area contributed by atoms with E-state index in [1.807, 2.05) is 12.1 Å². The van der Waals surface area contributed by atoms with Crippen LogP contribution in [0.4, 0.5) is 5.69 Å². The normalized spacial score (nSPS) is 15.5. The van der Waals surface area contributed by atoms with Gasteiger partial charge in [-0.3, -0.25) is 9.59 Å². The Labute approximate surface area is 143 Å². The second-order valence-corrected chi connectivity index (χ2v) is 5.55. The Morgan fingerprint density at radius 1 is 1.04 bits per heavy atom. The maximum atomic E-state index is 11.9. The maximum absolute atomic E-state index is 11.9. The second kappa shape index (κ2) is 7.23. The van der Waals surface area contributed by atoms with E-state index in [0.29, 0.717) is 28.8 Å². The number of hydrogen-bond donors (Lipinski definition) is 2. The number of fused-ring (bicyclic) bond motifs is 1. The highest BCUT2D eigenvalue weighted by Crippen LogP contribution is 2.30. The van der Waals surface area contributed by atoms with Crippen molar-refractivity contribution in [2.24, 2.45) is 0 Å². The van der Waals surface area contributed by atoms with E-state index in [4.69, 9.17) is 21.1 Å². The van der Waals surface area contributed by atoms with Crippen LogP contribution in [0, 0.1) is 0 Å². The lowest BCUT2D eigenvalue weighted by Gasteiger charge is -2.26. The molecular weight excluding hydrogens is 332 g/mol. The number of anilines is 1. The summed E-state index contributed by atoms with van der Waals surface area (Å²) < 4.78 is 11.3. The molecule has 0 spiro atoms. The standard InChI is InChI=1S/C17H15ClN2O4/c18-12-5-1-2-6-13(12)20-17(22)16(21)19-9-11-10-23-14-7-3-4-8-15(14)24-11/h1-8,11H,9-10H2,(H,19,21)(H,20,22). The van der Waals surface area contributed by atoms with Gasteiger partial charge in [0.1, 0.15) is 12.7 Å². The molecule has 2 aromatic rings. The van der Waals surface area contributed by atoms with Gasteiger partial charge in [0, 0.05) is 0 Å². The molecular formula is C17H15ClN2O4. The molecule has 1 aliphatic rings. The third kappa shape index (κ3) is 3.78. The summed E-state index contributed by atoms with van der Waals surface area (Å²) >= 11 is 5.94. The van der Waals surface area contributed by atoms with Crippen LogP contribution in [0.1, 0.15) is 0 Å². The van der Waals surface area contributed by atoms with Crippen LogP contribution >= 0.6 is 11.6 Å². The minimum Gasteiger partial charge on any atom is -0.486 e. The van der Waals surface area contributed by atoms with Gasteiger partial charge in [-0.15, -0.1) is 0 Å². The molecule has 6 nitrogen and oxygen atoms in total. The predicted octanol–water partition coefficient (Wildman–Crippen LogP) is 2.23. The Kier molecular flexibility index (Phi) is 4.86. The molecule has 0 saturated carbocycles. The number of carbonyl (C=O) groups excluding carboxylic acids is 2. The molecule has 0 aromatic heterocycles. The quantitative estimate of drug-likeness (QED) is 0.836. The topological polar surface area (TPSA) is 76.7 Å². The van der Waals surface area contributed by atoms with Crippen LogP contribution in [-0.4, -0.2) is 31.1 Å². The molecule has 2 amide bonds. The number of rotatable bonds is 3. The molecule has 2 N–H and O–H groups in total. The van der Waals surface area contributed by atoms with Gasteiger partial charge in [-0.25, -0.2) is 0 Å². The van der Waals surface area contributed by atoms with Crippen molar-refractivity contribution in [3.63, 3.8) is 0 Å². The molecule has 1 heterocycles. The highest BCUT2D eigenvalue weighted by atomic mass is 35.5. The van der Waals surface area contributed by atoms with Gasteiger partial charge in [-0.05, 0) is 24.3 Å². The number of para-hydroxylation sites is 3. The first kappa shape index (κ1) is 16.1. The molecule has 1 unspecified atom stereocenters. The van der Waals surface area contributed by atoms with Crippen molar-refractivity contribution in [3.05, 3.63) is 53.6 Å². The summed E-state index contributed by atoms with van der Waals surface area (Å²) in [5.74, 6) is -0.280. The van der Waals surface area contributed by atoms with Crippen LogP contribution in [0.5, 0.6) is 11.5 Å². The molecule has 0 aliphatic carbocycles. The molecule has 24 heavy (non-hydrogen) atoms. The van der Waals surface area contributed by atoms with Gasteiger partial charge in [0.15, 0.2) is 11.5 Å². The first-order valence-electron chi connectivity index (χ1n) is 7.35. The summed E-state index contributed by atoms with van der Waals surface area (Å²) in [6, 6.07) is 14.0. The van der Waals surface area contributed by atoms with E-state index in [0.717, 1.165) is 0 Å². The minimum absolute atomic E-state index is 0.156. The summed E-state index contributed by atoms with van der Waals surface area (Å²) in [5.41, 5.74) is 0.380. The third-order valence-electron chi connectivity index (χ3n) is 3.39. The number of carbonyl (C=O) groups is 2. The fourth-order valence-corrected chi connectivity index (χ4v) is 2.38. The van der Waals surface area contributed by atoms with E-state index in [9.17, 15) is 9.59 Å². The number of halogens is 1. The highest BCUT2D eigenvalue weighted by molar-refractivity contribution is 6.41. The Bertz CT molecular complexity index is 766. The lowest BCUT2D eigenvalue weighted by molar-refractivity contribution is -0.136. The Morgan fingerprint density at radius 3 is 2.54 bits per heavy atom. The highest BCUT2D eigenvalue weighted by Gasteiger charge is 2.22. The Hall–Kier alpha value is -2.73. The van der Waals surface area contributed by atoms with Gasteiger partial charge in [-0.1, -0.05) is 35.9 Å². The summed E-state index contributed by atoms with van der Waals surface area (Å²) in [5, 5.41) is 5.34. The first-order chi connectivity index (χ1) is 11.6. The van der Waals surface area contributed by atoms with Crippen LogP contribution in [0.25, 0.3) is 0 Å². The summed E-state index contributed by atoms with van der Waals surface area (Å²) in [6.07, 6.45) is -0.364. The van der Waals surface area contributed by atoms with E-state index in [1.165, 1.54) is 0 Å². The van der Waals surface area contributed by atoms with E-state index in [2.05, 4.69) is 10.6 Å². The lowest BCUT2D eigenvalue weighted by Crippen LogP contribution is -2.44. The van der Waals surface area contributed by atoms with Crippen LogP contribution in [0.2, 0.25) is 5.02 Å². The number of nitrogens with one attached hydrogen (secondary N) is 2. The van der Waals surface area contributed by atoms with Crippen LogP contribution < -0.4 is 20.1 Å². The van der Waals surface area contributed by atoms with Gasteiger partial charge in [0.2, 0.25) is 0 Å². The molecule has 1 atom stereocenters. The zero-order valence-electron chi connectivity index (χ0n) is 12.6. The fraction of sp³-hybridized carbons (Fsp3) is 0.176. The fourth-order valence-electron chi connectivity index (χ4n) is 2.19. The van der Waals surface area contributed by atoms with Crippen molar-refractivity contribution in [1.29, 1.82) is 0 Å². The summed E-state index contributed by atoms with van der Waals surface area (Å²) in [7, 11) is 0. The summed E-state index contributed by atoms with van der Waals surface area (Å²) in [6.45, 7) is 0.451. The van der Waals surface area contributed by atoms with Gasteiger partial charge >= 0.3 is 11.8 Å². The number of ether oxygens (including phenoxy) is 2. The van der Waals surface area contributed by atoms with E-state index < -0.39 is 11.8 Å². The molecule has 0 fully saturated rings. The monoisotopic (exact) mass is 346 g/mol. The van der Waals surface area contributed by atoms with E-state index in [1.54, 1.807) is 36.4 Å². The zero-order valence-corrected chi connectivity index (χ0v) is 13.4. The summed E-state index contributed by atoms with van der Waals surface area (Å²) in [4.78, 5) is 23.8. The number of amides is 2. The number of hydrogen-bond acceptors (Lipinski definition) is 4. The molecule has 124 valence electrons. The second-order valence-electron chi connectivity index (χ2n) is 5.14. The largest absolute Gasteiger partial charge is 0.486 e. The van der Waals surface area contributed by atoms with Crippen LogP contribution in [0.3, 0.4) is 0 Å². The Balaban J connectivity index is 1.51. The van der Waals surface area contributed by atoms with Gasteiger partial charge < -0.3 is 20.1 Å². The predicted molar refractivity (Wildman–Crippen MR) is 89.4 cm³/mol. The van der Waals surface area contributed by atoms with Crippen molar-refractivity contribution in [1.82, 2.24) is 5.32 Å². The Morgan fingerprint density at radius 2 is 1.75 bits per heavy atom. The van der Waals surface area contributed by atoms with E-state index >= 15 is 0 Å². The van der Waals surface area contributed by atoms with E-state index in [-0.39, 0.29) is 12.6 Å². The molecule has 1 aliphatic heterocycles. The zero-order chi connectivity index (χ0) is 16.9. The van der Waals surface area contributed by atoms with Crippen molar-refractivity contribution in [3.8, 4) is 11.5 Å². The van der Waals surface area contributed by atoms with Crippen LogP contribution in [-0.2, 0) is 9.59 Å². The molecule has 3 rings (SSSR count). The molecule has 2 aromatic carbocycles.